The monoisotopic (exact) mass is 401 g/mol. The van der Waals surface area contributed by atoms with Crippen molar-refractivity contribution in [1.29, 1.82) is 5.26 Å². The summed E-state index contributed by atoms with van der Waals surface area (Å²) in [5, 5.41) is 9.35. The van der Waals surface area contributed by atoms with Crippen LogP contribution in [-0.2, 0) is 10.0 Å². The summed E-state index contributed by atoms with van der Waals surface area (Å²) in [4.78, 5) is 13.7. The fourth-order valence-corrected chi connectivity index (χ4v) is 4.55. The molecule has 0 spiro atoms. The Morgan fingerprint density at radius 1 is 1.18 bits per heavy atom. The van der Waals surface area contributed by atoms with Gasteiger partial charge in [0.2, 0.25) is 10.0 Å². The van der Waals surface area contributed by atoms with Gasteiger partial charge in [-0.1, -0.05) is 0 Å². The molecule has 0 aromatic heterocycles. The van der Waals surface area contributed by atoms with E-state index in [0.717, 1.165) is 12.1 Å². The number of carbonyl (C=O) groups excluding carboxylic acids is 1. The zero-order chi connectivity index (χ0) is 20.3. The lowest BCUT2D eigenvalue weighted by Gasteiger charge is -2.34. The number of ketones is 1. The lowest BCUT2D eigenvalue weighted by molar-refractivity contribution is 0.101. The molecule has 1 saturated heterocycles. The van der Waals surface area contributed by atoms with E-state index in [-0.39, 0.29) is 16.7 Å². The van der Waals surface area contributed by atoms with Gasteiger partial charge in [0, 0.05) is 24.7 Å². The molecule has 1 heterocycles. The predicted octanol–water partition coefficient (Wildman–Crippen LogP) is 2.85. The number of nitrogens with one attached hydrogen (secondary N) is 1. The van der Waals surface area contributed by atoms with Crippen molar-refractivity contribution in [1.82, 2.24) is 4.72 Å². The van der Waals surface area contributed by atoms with Crippen LogP contribution in [0.3, 0.4) is 0 Å². The molecule has 0 aliphatic carbocycles. The molecule has 6 nitrogen and oxygen atoms in total. The van der Waals surface area contributed by atoms with E-state index in [9.17, 15) is 22.9 Å². The van der Waals surface area contributed by atoms with Crippen LogP contribution in [0.4, 0.5) is 10.1 Å². The highest BCUT2D eigenvalue weighted by Gasteiger charge is 2.26. The maximum Gasteiger partial charge on any atom is 0.240 e. The highest BCUT2D eigenvalue weighted by atomic mass is 32.2. The summed E-state index contributed by atoms with van der Waals surface area (Å²) < 4.78 is 40.6. The molecule has 146 valence electrons. The van der Waals surface area contributed by atoms with Crippen LogP contribution in [0, 0.1) is 17.1 Å². The first-order valence-corrected chi connectivity index (χ1v) is 10.4. The number of hydrogen-bond donors (Lipinski definition) is 1. The molecular weight excluding hydrogens is 381 g/mol. The van der Waals surface area contributed by atoms with Crippen LogP contribution in [0.15, 0.2) is 47.4 Å². The summed E-state index contributed by atoms with van der Waals surface area (Å²) in [6.07, 6.45) is 1.10. The Morgan fingerprint density at radius 2 is 1.82 bits per heavy atom. The normalized spacial score (nSPS) is 15.2. The second-order valence-electron chi connectivity index (χ2n) is 6.74. The molecule has 0 atom stereocenters. The number of benzene rings is 2. The number of hydrogen-bond acceptors (Lipinski definition) is 5. The van der Waals surface area contributed by atoms with Crippen LogP contribution in [-0.4, -0.2) is 33.3 Å². The number of carbonyl (C=O) groups is 1. The third-order valence-corrected chi connectivity index (χ3v) is 6.34. The van der Waals surface area contributed by atoms with Gasteiger partial charge in [0.05, 0.1) is 16.1 Å². The van der Waals surface area contributed by atoms with Gasteiger partial charge in [-0.25, -0.2) is 17.5 Å². The van der Waals surface area contributed by atoms with E-state index in [1.807, 2.05) is 4.90 Å². The Balaban J connectivity index is 1.70. The number of sulfonamides is 1. The predicted molar refractivity (Wildman–Crippen MR) is 103 cm³/mol. The van der Waals surface area contributed by atoms with E-state index in [1.54, 1.807) is 18.2 Å². The first-order valence-electron chi connectivity index (χ1n) is 8.88. The first kappa shape index (κ1) is 20.0. The Kier molecular flexibility index (Phi) is 5.77. The van der Waals surface area contributed by atoms with E-state index >= 15 is 0 Å². The third kappa shape index (κ3) is 4.38. The number of piperidine rings is 1. The molecule has 1 fully saturated rings. The number of rotatable bonds is 5. The van der Waals surface area contributed by atoms with E-state index in [0.29, 0.717) is 42.7 Å². The molecule has 3 rings (SSSR count). The maximum absolute atomic E-state index is 13.0. The highest BCUT2D eigenvalue weighted by Crippen LogP contribution is 2.26. The second kappa shape index (κ2) is 8.09. The van der Waals surface area contributed by atoms with Crippen molar-refractivity contribution in [2.45, 2.75) is 30.7 Å². The minimum atomic E-state index is -3.72. The van der Waals surface area contributed by atoms with E-state index in [4.69, 9.17) is 0 Å². The second-order valence-corrected chi connectivity index (χ2v) is 8.45. The molecule has 1 aliphatic rings. The molecule has 8 heteroatoms. The van der Waals surface area contributed by atoms with Gasteiger partial charge < -0.3 is 4.90 Å². The summed E-state index contributed by atoms with van der Waals surface area (Å²) >= 11 is 0. The summed E-state index contributed by atoms with van der Waals surface area (Å²) in [5.74, 6) is -0.568. The minimum Gasteiger partial charge on any atom is -0.370 e. The summed E-state index contributed by atoms with van der Waals surface area (Å²) in [5.41, 5.74) is 1.71. The fourth-order valence-electron chi connectivity index (χ4n) is 3.25. The van der Waals surface area contributed by atoms with Crippen molar-refractivity contribution in [3.63, 3.8) is 0 Å². The molecule has 0 amide bonds. The van der Waals surface area contributed by atoms with Crippen molar-refractivity contribution in [3.05, 3.63) is 59.4 Å². The molecule has 1 N–H and O–H groups in total. The number of nitriles is 1. The molecule has 0 bridgehead atoms. The van der Waals surface area contributed by atoms with Gasteiger partial charge in [-0.2, -0.15) is 5.26 Å². The smallest absolute Gasteiger partial charge is 0.240 e. The van der Waals surface area contributed by atoms with Gasteiger partial charge in [0.1, 0.15) is 11.9 Å². The maximum atomic E-state index is 13.0. The molecular formula is C20H20FN3O3S. The summed E-state index contributed by atoms with van der Waals surface area (Å²) in [7, 11) is -3.72. The number of halogens is 1. The molecule has 0 unspecified atom stereocenters. The zero-order valence-electron chi connectivity index (χ0n) is 15.4. The average molecular weight is 401 g/mol. The Labute approximate surface area is 163 Å². The SMILES string of the molecule is CC(=O)c1ccc(C#N)c(N2CCC(NS(=O)(=O)c3ccc(F)cc3)CC2)c1. The quantitative estimate of drug-likeness (QED) is 0.778. The van der Waals surface area contributed by atoms with Crippen molar-refractivity contribution >= 4 is 21.5 Å². The standard InChI is InChI=1S/C20H20FN3O3S/c1-14(25)15-2-3-16(13-22)20(12-15)24-10-8-18(9-11-24)23-28(26,27)19-6-4-17(21)5-7-19/h2-7,12,18,23H,8-11H2,1H3. The fraction of sp³-hybridized carbons (Fsp3) is 0.300. The molecule has 28 heavy (non-hydrogen) atoms. The van der Waals surface area contributed by atoms with Gasteiger partial charge in [0.25, 0.3) is 0 Å². The summed E-state index contributed by atoms with van der Waals surface area (Å²) in [6, 6.07) is 11.6. The van der Waals surface area contributed by atoms with Gasteiger partial charge in [-0.15, -0.1) is 0 Å². The van der Waals surface area contributed by atoms with Gasteiger partial charge in [-0.05, 0) is 62.2 Å². The largest absolute Gasteiger partial charge is 0.370 e. The van der Waals surface area contributed by atoms with Crippen molar-refractivity contribution in [2.24, 2.45) is 0 Å². The lowest BCUT2D eigenvalue weighted by atomic mass is 10.0. The van der Waals surface area contributed by atoms with Gasteiger partial charge >= 0.3 is 0 Å². The average Bonchev–Trinajstić information content (AvgIpc) is 2.68. The Hall–Kier alpha value is -2.76. The van der Waals surface area contributed by atoms with Gasteiger partial charge in [0.15, 0.2) is 5.78 Å². The number of nitrogens with zero attached hydrogens (tertiary/aromatic N) is 2. The minimum absolute atomic E-state index is 0.0252. The molecule has 0 saturated carbocycles. The van der Waals surface area contributed by atoms with Crippen molar-refractivity contribution < 1.29 is 17.6 Å². The van der Waals surface area contributed by atoms with Crippen LogP contribution >= 0.6 is 0 Å². The topological polar surface area (TPSA) is 90.3 Å². The molecule has 1 aliphatic heterocycles. The number of anilines is 1. The first-order chi connectivity index (χ1) is 13.3. The third-order valence-electron chi connectivity index (χ3n) is 4.81. The van der Waals surface area contributed by atoms with E-state index in [1.165, 1.54) is 19.1 Å². The van der Waals surface area contributed by atoms with E-state index < -0.39 is 15.8 Å². The van der Waals surface area contributed by atoms with Crippen molar-refractivity contribution in [2.75, 3.05) is 18.0 Å². The van der Waals surface area contributed by atoms with Gasteiger partial charge in [-0.3, -0.25) is 4.79 Å². The lowest BCUT2D eigenvalue weighted by Crippen LogP contribution is -2.44. The van der Waals surface area contributed by atoms with Crippen LogP contribution in [0.5, 0.6) is 0 Å². The molecule has 2 aromatic rings. The van der Waals surface area contributed by atoms with Crippen LogP contribution < -0.4 is 9.62 Å². The Morgan fingerprint density at radius 3 is 2.39 bits per heavy atom. The van der Waals surface area contributed by atoms with Crippen molar-refractivity contribution in [3.8, 4) is 6.07 Å². The molecule has 2 aromatic carbocycles. The van der Waals surface area contributed by atoms with Crippen LogP contribution in [0.1, 0.15) is 35.7 Å². The Bertz CT molecular complexity index is 1020. The molecule has 0 radical (unpaired) electrons. The van der Waals surface area contributed by atoms with E-state index in [2.05, 4.69) is 10.8 Å². The van der Waals surface area contributed by atoms with Crippen LogP contribution in [0.25, 0.3) is 0 Å². The zero-order valence-corrected chi connectivity index (χ0v) is 16.2. The number of Topliss-reactive ketones (excluding diaryl/α,β-unsaturated/α-hetero) is 1. The highest BCUT2D eigenvalue weighted by molar-refractivity contribution is 7.89. The van der Waals surface area contributed by atoms with Crippen LogP contribution in [0.2, 0.25) is 0 Å². The summed E-state index contributed by atoms with van der Waals surface area (Å²) in [6.45, 7) is 2.57.